The molecule has 0 saturated carbocycles. The van der Waals surface area contributed by atoms with Gasteiger partial charge in [-0.1, -0.05) is 35.9 Å². The van der Waals surface area contributed by atoms with E-state index in [1.807, 2.05) is 48.1 Å². The van der Waals surface area contributed by atoms with E-state index in [0.29, 0.717) is 18.5 Å². The molecule has 0 aliphatic heterocycles. The molecule has 1 aliphatic rings. The highest BCUT2D eigenvalue weighted by Gasteiger charge is 2.29. The van der Waals surface area contributed by atoms with Crippen molar-refractivity contribution >= 4 is 11.6 Å². The summed E-state index contributed by atoms with van der Waals surface area (Å²) < 4.78 is 15.4. The Morgan fingerprint density at radius 2 is 2.00 bits per heavy atom. The zero-order valence-corrected chi connectivity index (χ0v) is 17.3. The Balaban J connectivity index is 1.57. The van der Waals surface area contributed by atoms with E-state index in [9.17, 15) is 14.0 Å². The molecule has 30 heavy (non-hydrogen) atoms. The number of rotatable bonds is 5. The fraction of sp³-hybridized carbons (Fsp3) is 0.269. The number of nitrogens with zero attached hydrogens (tertiary/aromatic N) is 1. The van der Waals surface area contributed by atoms with Gasteiger partial charge in [-0.3, -0.25) is 9.59 Å². The molecule has 4 heteroatoms. The predicted molar refractivity (Wildman–Crippen MR) is 113 cm³/mol. The molecule has 1 aliphatic carbocycles. The number of ketones is 2. The molecule has 4 rings (SSSR count). The first-order valence-electron chi connectivity index (χ1n) is 10.3. The lowest BCUT2D eigenvalue weighted by Crippen LogP contribution is -2.35. The van der Waals surface area contributed by atoms with Crippen molar-refractivity contribution in [3.63, 3.8) is 0 Å². The lowest BCUT2D eigenvalue weighted by molar-refractivity contribution is -0.688. The molecule has 1 aromatic heterocycles. The SMILES string of the molecule is CC(=O)c1c[n+](Cc2cccc(F)c2)ccc1CC1CCc2cc(C)ccc2C1=O. The highest BCUT2D eigenvalue weighted by molar-refractivity contribution is 6.01. The summed E-state index contributed by atoms with van der Waals surface area (Å²) in [6.45, 7) is 4.07. The zero-order chi connectivity index (χ0) is 21.3. The molecule has 0 saturated heterocycles. The van der Waals surface area contributed by atoms with Crippen molar-refractivity contribution in [3.05, 3.63) is 100 Å². The molecular formula is C26H25FNO2+. The summed E-state index contributed by atoms with van der Waals surface area (Å²) in [6.07, 6.45) is 5.95. The molecular weight excluding hydrogens is 377 g/mol. The molecule has 0 fully saturated rings. The van der Waals surface area contributed by atoms with E-state index < -0.39 is 0 Å². The van der Waals surface area contributed by atoms with Gasteiger partial charge in [-0.25, -0.2) is 8.96 Å². The molecule has 0 amide bonds. The first-order valence-corrected chi connectivity index (χ1v) is 10.3. The van der Waals surface area contributed by atoms with Crippen molar-refractivity contribution in [1.82, 2.24) is 0 Å². The Labute approximate surface area is 176 Å². The van der Waals surface area contributed by atoms with Gasteiger partial charge in [0.1, 0.15) is 5.82 Å². The molecule has 0 N–H and O–H groups in total. The molecule has 1 atom stereocenters. The Morgan fingerprint density at radius 3 is 2.77 bits per heavy atom. The number of aryl methyl sites for hydroxylation is 2. The zero-order valence-electron chi connectivity index (χ0n) is 17.3. The summed E-state index contributed by atoms with van der Waals surface area (Å²) in [4.78, 5) is 25.4. The molecule has 0 bridgehead atoms. The average molecular weight is 402 g/mol. The molecule has 0 spiro atoms. The molecule has 3 aromatic rings. The number of pyridine rings is 1. The smallest absolute Gasteiger partial charge is 0.180 e. The fourth-order valence-electron chi connectivity index (χ4n) is 4.32. The van der Waals surface area contributed by atoms with Crippen LogP contribution in [0.5, 0.6) is 0 Å². The van der Waals surface area contributed by atoms with Gasteiger partial charge in [0.15, 0.2) is 30.5 Å². The van der Waals surface area contributed by atoms with Crippen LogP contribution in [0.2, 0.25) is 0 Å². The monoisotopic (exact) mass is 402 g/mol. The largest absolute Gasteiger partial charge is 0.294 e. The Kier molecular flexibility index (Phi) is 5.58. The van der Waals surface area contributed by atoms with Gasteiger partial charge in [-0.2, -0.15) is 0 Å². The van der Waals surface area contributed by atoms with Crippen LogP contribution in [0.15, 0.2) is 60.9 Å². The van der Waals surface area contributed by atoms with Gasteiger partial charge in [0, 0.05) is 23.1 Å². The Bertz CT molecular complexity index is 1140. The predicted octanol–water partition coefficient (Wildman–Crippen LogP) is 4.66. The van der Waals surface area contributed by atoms with Crippen LogP contribution < -0.4 is 4.57 Å². The number of carbonyl (C=O) groups is 2. The van der Waals surface area contributed by atoms with Crippen molar-refractivity contribution in [1.29, 1.82) is 0 Å². The summed E-state index contributed by atoms with van der Waals surface area (Å²) in [5, 5.41) is 0. The summed E-state index contributed by atoms with van der Waals surface area (Å²) in [5.74, 6) is -0.250. The third kappa shape index (κ3) is 4.23. The van der Waals surface area contributed by atoms with E-state index >= 15 is 0 Å². The van der Waals surface area contributed by atoms with Crippen molar-refractivity contribution < 1.29 is 18.5 Å². The molecule has 3 nitrogen and oxygen atoms in total. The van der Waals surface area contributed by atoms with Crippen molar-refractivity contribution in [2.24, 2.45) is 5.92 Å². The van der Waals surface area contributed by atoms with Crippen LogP contribution in [0.4, 0.5) is 4.39 Å². The first-order chi connectivity index (χ1) is 14.4. The van der Waals surface area contributed by atoms with Crippen LogP contribution in [0.1, 0.15) is 56.3 Å². The Morgan fingerprint density at radius 1 is 1.17 bits per heavy atom. The second-order valence-electron chi connectivity index (χ2n) is 8.21. The van der Waals surface area contributed by atoms with Gasteiger partial charge >= 0.3 is 0 Å². The number of hydrogen-bond acceptors (Lipinski definition) is 2. The highest BCUT2D eigenvalue weighted by Crippen LogP contribution is 2.29. The van der Waals surface area contributed by atoms with Crippen LogP contribution in [-0.2, 0) is 19.4 Å². The maximum Gasteiger partial charge on any atom is 0.180 e. The topological polar surface area (TPSA) is 38.0 Å². The normalized spacial score (nSPS) is 15.7. The lowest BCUT2D eigenvalue weighted by atomic mass is 9.79. The molecule has 0 radical (unpaired) electrons. The van der Waals surface area contributed by atoms with E-state index in [0.717, 1.165) is 35.1 Å². The quantitative estimate of drug-likeness (QED) is 0.460. The van der Waals surface area contributed by atoms with Crippen LogP contribution in [0.25, 0.3) is 0 Å². The Hall–Kier alpha value is -3.14. The summed E-state index contributed by atoms with van der Waals surface area (Å²) in [5.41, 5.74) is 5.46. The molecule has 1 heterocycles. The van der Waals surface area contributed by atoms with E-state index in [2.05, 4.69) is 6.07 Å². The maximum absolute atomic E-state index is 13.5. The van der Waals surface area contributed by atoms with Gasteiger partial charge in [-0.05, 0) is 56.4 Å². The second kappa shape index (κ2) is 8.31. The first kappa shape index (κ1) is 20.1. The number of fused-ring (bicyclic) bond motifs is 1. The molecule has 1 unspecified atom stereocenters. The third-order valence-electron chi connectivity index (χ3n) is 5.87. The van der Waals surface area contributed by atoms with Crippen molar-refractivity contribution in [2.45, 2.75) is 39.7 Å². The van der Waals surface area contributed by atoms with Crippen molar-refractivity contribution in [2.75, 3.05) is 0 Å². The minimum Gasteiger partial charge on any atom is -0.294 e. The third-order valence-corrected chi connectivity index (χ3v) is 5.87. The molecule has 2 aromatic carbocycles. The number of halogens is 1. The van der Waals surface area contributed by atoms with E-state index in [-0.39, 0.29) is 23.3 Å². The van der Waals surface area contributed by atoms with Gasteiger partial charge in [0.2, 0.25) is 0 Å². The summed E-state index contributed by atoms with van der Waals surface area (Å²) in [6, 6.07) is 14.4. The lowest BCUT2D eigenvalue weighted by Gasteiger charge is -2.24. The average Bonchev–Trinajstić information content (AvgIpc) is 2.71. The standard InChI is InChI=1S/C26H25FNO2/c1-17-6-9-24-20(12-17)7-8-22(26(24)30)14-21-10-11-28(16-25(21)18(2)29)15-19-4-3-5-23(27)13-19/h3-6,9-13,16,22H,7-8,14-15H2,1-2H3/q+1. The minimum absolute atomic E-state index is 0.0297. The minimum atomic E-state index is -0.275. The van der Waals surface area contributed by atoms with Gasteiger partial charge in [0.25, 0.3) is 0 Å². The van der Waals surface area contributed by atoms with E-state index in [1.54, 1.807) is 13.0 Å². The van der Waals surface area contributed by atoms with Crippen LogP contribution in [0, 0.1) is 18.7 Å². The van der Waals surface area contributed by atoms with Gasteiger partial charge < -0.3 is 0 Å². The van der Waals surface area contributed by atoms with Gasteiger partial charge in [0.05, 0.1) is 5.56 Å². The van der Waals surface area contributed by atoms with Gasteiger partial charge in [-0.15, -0.1) is 0 Å². The van der Waals surface area contributed by atoms with Crippen molar-refractivity contribution in [3.8, 4) is 0 Å². The maximum atomic E-state index is 13.5. The van der Waals surface area contributed by atoms with Crippen LogP contribution >= 0.6 is 0 Å². The number of aromatic nitrogens is 1. The van der Waals surface area contributed by atoms with Crippen LogP contribution in [0.3, 0.4) is 0 Å². The number of hydrogen-bond donors (Lipinski definition) is 0. The van der Waals surface area contributed by atoms with E-state index in [1.165, 1.54) is 17.7 Å². The summed E-state index contributed by atoms with van der Waals surface area (Å²) in [7, 11) is 0. The number of benzene rings is 2. The van der Waals surface area contributed by atoms with Crippen LogP contribution in [-0.4, -0.2) is 11.6 Å². The van der Waals surface area contributed by atoms with E-state index in [4.69, 9.17) is 0 Å². The summed E-state index contributed by atoms with van der Waals surface area (Å²) >= 11 is 0. The highest BCUT2D eigenvalue weighted by atomic mass is 19.1. The fourth-order valence-corrected chi connectivity index (χ4v) is 4.32. The number of Topliss-reactive ketones (excluding diaryl/α,β-unsaturated/α-hetero) is 2. The number of carbonyl (C=O) groups excluding carboxylic acids is 2. The molecule has 152 valence electrons. The second-order valence-corrected chi connectivity index (χ2v) is 8.21.